The zero-order valence-corrected chi connectivity index (χ0v) is 13.9. The number of aromatic nitrogens is 2. The lowest BCUT2D eigenvalue weighted by molar-refractivity contribution is 0.282. The van der Waals surface area contributed by atoms with Crippen LogP contribution in [0.25, 0.3) is 11.5 Å². The molecule has 1 aromatic heterocycles. The Hall–Kier alpha value is -2.11. The minimum atomic E-state index is 0.0290. The molecule has 0 aliphatic carbocycles. The van der Waals surface area contributed by atoms with E-state index in [1.807, 2.05) is 24.3 Å². The number of hydrogen-bond acceptors (Lipinski definition) is 5. The summed E-state index contributed by atoms with van der Waals surface area (Å²) in [6.45, 7) is 4.25. The summed E-state index contributed by atoms with van der Waals surface area (Å²) < 4.78 is 5.70. The van der Waals surface area contributed by atoms with Crippen LogP contribution in [0.5, 0.6) is 0 Å². The van der Waals surface area contributed by atoms with E-state index in [2.05, 4.69) is 42.2 Å². The number of benzene rings is 2. The topological polar surface area (TPSA) is 59.2 Å². The van der Waals surface area contributed by atoms with Crippen molar-refractivity contribution in [3.8, 4) is 11.5 Å². The molecule has 0 atom stereocenters. The van der Waals surface area contributed by atoms with E-state index in [0.29, 0.717) is 11.1 Å². The van der Waals surface area contributed by atoms with E-state index in [1.165, 1.54) is 28.5 Å². The molecule has 0 radical (unpaired) electrons. The Bertz CT molecular complexity index is 797. The summed E-state index contributed by atoms with van der Waals surface area (Å²) in [5, 5.41) is 17.8. The van der Waals surface area contributed by atoms with Gasteiger partial charge in [-0.3, -0.25) is 0 Å². The minimum absolute atomic E-state index is 0.0290. The van der Waals surface area contributed by atoms with Crippen LogP contribution >= 0.6 is 11.8 Å². The van der Waals surface area contributed by atoms with E-state index in [-0.39, 0.29) is 6.61 Å². The number of rotatable bonds is 5. The van der Waals surface area contributed by atoms with Crippen LogP contribution in [0.15, 0.2) is 52.1 Å². The molecule has 0 amide bonds. The second kappa shape index (κ2) is 6.98. The van der Waals surface area contributed by atoms with Gasteiger partial charge >= 0.3 is 0 Å². The molecule has 0 unspecified atom stereocenters. The Labute approximate surface area is 139 Å². The highest BCUT2D eigenvalue weighted by atomic mass is 32.2. The van der Waals surface area contributed by atoms with Crippen LogP contribution in [-0.4, -0.2) is 15.3 Å². The fourth-order valence-corrected chi connectivity index (χ4v) is 2.88. The fraction of sp³-hybridized carbons (Fsp3) is 0.222. The first-order valence-corrected chi connectivity index (χ1v) is 8.37. The van der Waals surface area contributed by atoms with Crippen LogP contribution in [0.2, 0.25) is 0 Å². The zero-order chi connectivity index (χ0) is 16.2. The molecule has 0 saturated heterocycles. The molecule has 2 aromatic carbocycles. The average Bonchev–Trinajstić information content (AvgIpc) is 3.05. The van der Waals surface area contributed by atoms with Crippen LogP contribution in [-0.2, 0) is 12.4 Å². The molecule has 1 heterocycles. The Morgan fingerprint density at radius 2 is 1.70 bits per heavy atom. The Kier molecular flexibility index (Phi) is 4.79. The van der Waals surface area contributed by atoms with E-state index in [4.69, 9.17) is 9.52 Å². The lowest BCUT2D eigenvalue weighted by atomic mass is 10.1. The molecule has 3 aromatic rings. The van der Waals surface area contributed by atoms with Crippen molar-refractivity contribution in [2.24, 2.45) is 0 Å². The lowest BCUT2D eigenvalue weighted by Gasteiger charge is -2.03. The van der Waals surface area contributed by atoms with Crippen molar-refractivity contribution in [2.45, 2.75) is 31.4 Å². The number of nitrogens with zero attached hydrogens (tertiary/aromatic N) is 2. The summed E-state index contributed by atoms with van der Waals surface area (Å²) in [5.41, 5.74) is 5.54. The van der Waals surface area contributed by atoms with Crippen LogP contribution < -0.4 is 0 Å². The van der Waals surface area contributed by atoms with E-state index in [0.717, 1.165) is 16.9 Å². The van der Waals surface area contributed by atoms with E-state index < -0.39 is 0 Å². The summed E-state index contributed by atoms with van der Waals surface area (Å²) in [4.78, 5) is 0. The van der Waals surface area contributed by atoms with Gasteiger partial charge in [-0.1, -0.05) is 42.1 Å². The van der Waals surface area contributed by atoms with E-state index in [1.54, 1.807) is 0 Å². The number of thioether (sulfide) groups is 1. The molecule has 23 heavy (non-hydrogen) atoms. The third-order valence-corrected chi connectivity index (χ3v) is 4.61. The number of hydrogen-bond donors (Lipinski definition) is 1. The van der Waals surface area contributed by atoms with Crippen LogP contribution in [0.3, 0.4) is 0 Å². The van der Waals surface area contributed by atoms with E-state index in [9.17, 15) is 0 Å². The van der Waals surface area contributed by atoms with Gasteiger partial charge in [-0.05, 0) is 48.2 Å². The Morgan fingerprint density at radius 1 is 0.957 bits per heavy atom. The first-order valence-electron chi connectivity index (χ1n) is 7.38. The largest absolute Gasteiger partial charge is 0.411 e. The van der Waals surface area contributed by atoms with Gasteiger partial charge in [0.05, 0.1) is 6.61 Å². The first-order chi connectivity index (χ1) is 11.2. The van der Waals surface area contributed by atoms with Gasteiger partial charge in [-0.25, -0.2) is 0 Å². The molecule has 3 rings (SSSR count). The lowest BCUT2D eigenvalue weighted by Crippen LogP contribution is -1.85. The van der Waals surface area contributed by atoms with Crippen molar-refractivity contribution in [3.05, 3.63) is 64.7 Å². The first kappa shape index (κ1) is 15.8. The summed E-state index contributed by atoms with van der Waals surface area (Å²) in [7, 11) is 0. The number of aliphatic hydroxyl groups is 1. The normalized spacial score (nSPS) is 10.9. The summed E-state index contributed by atoms with van der Waals surface area (Å²) >= 11 is 1.53. The highest BCUT2D eigenvalue weighted by molar-refractivity contribution is 7.98. The minimum Gasteiger partial charge on any atom is -0.411 e. The molecule has 0 bridgehead atoms. The highest BCUT2D eigenvalue weighted by Crippen LogP contribution is 2.26. The molecule has 1 N–H and O–H groups in total. The summed E-state index contributed by atoms with van der Waals surface area (Å²) in [6, 6.07) is 13.9. The quantitative estimate of drug-likeness (QED) is 0.714. The molecule has 0 aliphatic heterocycles. The highest BCUT2D eigenvalue weighted by Gasteiger charge is 2.09. The van der Waals surface area contributed by atoms with Gasteiger partial charge in [0.2, 0.25) is 5.89 Å². The van der Waals surface area contributed by atoms with Crippen molar-refractivity contribution in [3.63, 3.8) is 0 Å². The van der Waals surface area contributed by atoms with Crippen molar-refractivity contribution < 1.29 is 9.52 Å². The molecular formula is C18H18N2O2S. The average molecular weight is 326 g/mol. The summed E-state index contributed by atoms with van der Waals surface area (Å²) in [5.74, 6) is 1.30. The molecule has 0 aliphatic rings. The van der Waals surface area contributed by atoms with Gasteiger partial charge in [0.15, 0.2) is 0 Å². The van der Waals surface area contributed by atoms with Gasteiger partial charge in [0.25, 0.3) is 5.22 Å². The zero-order valence-electron chi connectivity index (χ0n) is 13.1. The smallest absolute Gasteiger partial charge is 0.277 e. The molecular weight excluding hydrogens is 308 g/mol. The Morgan fingerprint density at radius 3 is 2.39 bits per heavy atom. The van der Waals surface area contributed by atoms with E-state index >= 15 is 0 Å². The predicted octanol–water partition coefficient (Wildman–Crippen LogP) is 4.14. The molecule has 118 valence electrons. The maximum Gasteiger partial charge on any atom is 0.277 e. The van der Waals surface area contributed by atoms with Crippen LogP contribution in [0, 0.1) is 13.8 Å². The van der Waals surface area contributed by atoms with Crippen LogP contribution in [0.4, 0.5) is 0 Å². The number of aliphatic hydroxyl groups excluding tert-OH is 1. The molecule has 0 fully saturated rings. The van der Waals surface area contributed by atoms with Gasteiger partial charge < -0.3 is 9.52 Å². The van der Waals surface area contributed by atoms with Crippen molar-refractivity contribution in [2.75, 3.05) is 0 Å². The summed E-state index contributed by atoms with van der Waals surface area (Å²) in [6.07, 6.45) is 0. The molecule has 4 nitrogen and oxygen atoms in total. The third kappa shape index (κ3) is 3.81. The molecule has 0 saturated carbocycles. The van der Waals surface area contributed by atoms with Gasteiger partial charge in [-0.2, -0.15) is 0 Å². The second-order valence-electron chi connectivity index (χ2n) is 5.44. The standard InChI is InChI=1S/C18H18N2O2S/c1-12-3-4-15(9-13(12)2)11-23-18-20-19-17(22-18)16-7-5-14(10-21)6-8-16/h3-9,21H,10-11H2,1-2H3. The third-order valence-electron chi connectivity index (χ3n) is 3.72. The van der Waals surface area contributed by atoms with Gasteiger partial charge in [-0.15, -0.1) is 10.2 Å². The maximum atomic E-state index is 9.06. The van der Waals surface area contributed by atoms with Gasteiger partial charge in [0, 0.05) is 11.3 Å². The van der Waals surface area contributed by atoms with Crippen LogP contribution in [0.1, 0.15) is 22.3 Å². The number of aryl methyl sites for hydroxylation is 2. The maximum absolute atomic E-state index is 9.06. The SMILES string of the molecule is Cc1ccc(CSc2nnc(-c3ccc(CO)cc3)o2)cc1C. The second-order valence-corrected chi connectivity index (χ2v) is 6.36. The fourth-order valence-electron chi connectivity index (χ4n) is 2.18. The Balaban J connectivity index is 1.67. The van der Waals surface area contributed by atoms with Crippen molar-refractivity contribution in [1.29, 1.82) is 0 Å². The van der Waals surface area contributed by atoms with Gasteiger partial charge in [0.1, 0.15) is 0 Å². The van der Waals surface area contributed by atoms with Crippen molar-refractivity contribution in [1.82, 2.24) is 10.2 Å². The predicted molar refractivity (Wildman–Crippen MR) is 91.1 cm³/mol. The van der Waals surface area contributed by atoms with Crippen molar-refractivity contribution >= 4 is 11.8 Å². The monoisotopic (exact) mass is 326 g/mol. The molecule has 0 spiro atoms. The molecule has 5 heteroatoms.